The number of rotatable bonds is 11. The van der Waals surface area contributed by atoms with Crippen LogP contribution in [0, 0.1) is 5.92 Å². The van der Waals surface area contributed by atoms with Gasteiger partial charge in [0.1, 0.15) is 0 Å². The van der Waals surface area contributed by atoms with E-state index in [4.69, 9.17) is 9.47 Å². The van der Waals surface area contributed by atoms with Crippen LogP contribution < -0.4 is 14.8 Å². The van der Waals surface area contributed by atoms with Crippen LogP contribution in [0.4, 0.5) is 0 Å². The van der Waals surface area contributed by atoms with Crippen LogP contribution >= 0.6 is 11.8 Å². The summed E-state index contributed by atoms with van der Waals surface area (Å²) in [7, 11) is 1.62. The molecule has 1 aromatic heterocycles. The summed E-state index contributed by atoms with van der Waals surface area (Å²) in [5, 5.41) is 12.4. The third kappa shape index (κ3) is 6.66. The van der Waals surface area contributed by atoms with Crippen LogP contribution in [0.5, 0.6) is 11.5 Å². The molecule has 0 saturated carbocycles. The minimum Gasteiger partial charge on any atom is -0.493 e. The number of thioether (sulfide) groups is 1. The quantitative estimate of drug-likeness (QED) is 0.552. The Morgan fingerprint density at radius 2 is 1.86 bits per heavy atom. The molecule has 0 radical (unpaired) electrons. The predicted octanol–water partition coefficient (Wildman–Crippen LogP) is 4.09. The number of nitrogens with one attached hydrogen (secondary N) is 1. The van der Waals surface area contributed by atoms with Gasteiger partial charge in [-0.1, -0.05) is 44.7 Å². The van der Waals surface area contributed by atoms with E-state index in [-0.39, 0.29) is 18.1 Å². The summed E-state index contributed by atoms with van der Waals surface area (Å²) in [5.41, 5.74) is 0. The maximum absolute atomic E-state index is 12.1. The highest BCUT2D eigenvalue weighted by Gasteiger charge is 2.22. The molecule has 7 nitrogen and oxygen atoms in total. The number of benzene rings is 1. The van der Waals surface area contributed by atoms with Crippen molar-refractivity contribution in [2.24, 2.45) is 5.92 Å². The Balaban J connectivity index is 2.16. The summed E-state index contributed by atoms with van der Waals surface area (Å²) >= 11 is 1.40. The zero-order valence-corrected chi connectivity index (χ0v) is 19.0. The molecule has 0 aliphatic carbocycles. The van der Waals surface area contributed by atoms with Gasteiger partial charge in [0, 0.05) is 12.6 Å². The van der Waals surface area contributed by atoms with E-state index in [2.05, 4.69) is 29.4 Å². The molecule has 160 valence electrons. The number of carbonyl (C=O) groups excluding carboxylic acids is 1. The van der Waals surface area contributed by atoms with Crippen LogP contribution in [-0.2, 0) is 11.3 Å². The van der Waals surface area contributed by atoms with E-state index in [9.17, 15) is 4.79 Å². The molecule has 1 N–H and O–H groups in total. The molecule has 2 aromatic rings. The van der Waals surface area contributed by atoms with Crippen LogP contribution in [0.3, 0.4) is 0 Å². The Morgan fingerprint density at radius 3 is 2.48 bits per heavy atom. The van der Waals surface area contributed by atoms with E-state index in [1.165, 1.54) is 11.8 Å². The molecule has 2 rings (SSSR count). The van der Waals surface area contributed by atoms with Gasteiger partial charge < -0.3 is 19.4 Å². The smallest absolute Gasteiger partial charge is 0.230 e. The normalized spacial score (nSPS) is 13.2. The Bertz CT molecular complexity index is 794. The zero-order chi connectivity index (χ0) is 21.4. The van der Waals surface area contributed by atoms with Crippen LogP contribution in [0.15, 0.2) is 29.4 Å². The van der Waals surface area contributed by atoms with Gasteiger partial charge in [-0.3, -0.25) is 4.79 Å². The van der Waals surface area contributed by atoms with Crippen LogP contribution in [0.25, 0.3) is 0 Å². The Hall–Kier alpha value is -2.22. The molecule has 0 saturated heterocycles. The number of ether oxygens (including phenoxy) is 2. The van der Waals surface area contributed by atoms with E-state index in [1.807, 2.05) is 49.6 Å². The summed E-state index contributed by atoms with van der Waals surface area (Å²) in [6.07, 6.45) is 0.586. The number of para-hydroxylation sites is 2. The van der Waals surface area contributed by atoms with Gasteiger partial charge in [-0.2, -0.15) is 0 Å². The van der Waals surface area contributed by atoms with E-state index < -0.39 is 0 Å². The van der Waals surface area contributed by atoms with Crippen molar-refractivity contribution in [1.82, 2.24) is 20.1 Å². The fraction of sp³-hybridized carbons (Fsp3) is 0.571. The minimum atomic E-state index is -0.319. The fourth-order valence-corrected chi connectivity index (χ4v) is 3.52. The Labute approximate surface area is 177 Å². The number of carbonyl (C=O) groups is 1. The molecular weight excluding hydrogens is 388 g/mol. The van der Waals surface area contributed by atoms with Crippen LogP contribution in [-0.4, -0.2) is 39.6 Å². The third-order valence-corrected chi connectivity index (χ3v) is 5.35. The molecule has 0 fully saturated rings. The number of hydrogen-bond acceptors (Lipinski definition) is 6. The second-order valence-electron chi connectivity index (χ2n) is 7.42. The van der Waals surface area contributed by atoms with Crippen molar-refractivity contribution in [2.45, 2.75) is 64.9 Å². The first-order chi connectivity index (χ1) is 13.8. The molecule has 0 aliphatic rings. The van der Waals surface area contributed by atoms with Gasteiger partial charge in [0.25, 0.3) is 0 Å². The fourth-order valence-electron chi connectivity index (χ4n) is 2.75. The maximum atomic E-state index is 12.1. The number of amides is 1. The van der Waals surface area contributed by atoms with Crippen molar-refractivity contribution in [3.8, 4) is 11.5 Å². The SMILES string of the molecule is CCC(C)NC(=O)CSc1nnc(C(C)Oc2ccccc2OC)n1CC(C)C. The summed E-state index contributed by atoms with van der Waals surface area (Å²) in [4.78, 5) is 12.1. The number of aromatic nitrogens is 3. The van der Waals surface area contributed by atoms with Gasteiger partial charge >= 0.3 is 0 Å². The molecular formula is C21H32N4O3S. The first-order valence-corrected chi connectivity index (χ1v) is 11.0. The molecule has 2 unspecified atom stereocenters. The van der Waals surface area contributed by atoms with Crippen molar-refractivity contribution in [3.05, 3.63) is 30.1 Å². The van der Waals surface area contributed by atoms with Gasteiger partial charge in [-0.25, -0.2) is 0 Å². The largest absolute Gasteiger partial charge is 0.493 e. The lowest BCUT2D eigenvalue weighted by molar-refractivity contribution is -0.119. The van der Waals surface area contributed by atoms with Crippen molar-refractivity contribution < 1.29 is 14.3 Å². The van der Waals surface area contributed by atoms with Gasteiger partial charge in [-0.15, -0.1) is 10.2 Å². The van der Waals surface area contributed by atoms with Crippen molar-refractivity contribution in [1.29, 1.82) is 0 Å². The van der Waals surface area contributed by atoms with Crippen molar-refractivity contribution in [3.63, 3.8) is 0 Å². The molecule has 0 bridgehead atoms. The molecule has 29 heavy (non-hydrogen) atoms. The lowest BCUT2D eigenvalue weighted by Gasteiger charge is -2.19. The van der Waals surface area contributed by atoms with Crippen LogP contribution in [0.1, 0.15) is 53.0 Å². The van der Waals surface area contributed by atoms with Crippen molar-refractivity contribution in [2.75, 3.05) is 12.9 Å². The first-order valence-electron chi connectivity index (χ1n) is 10.0. The molecule has 1 aromatic carbocycles. The lowest BCUT2D eigenvalue weighted by atomic mass is 10.2. The highest BCUT2D eigenvalue weighted by atomic mass is 32.2. The molecule has 0 aliphatic heterocycles. The van der Waals surface area contributed by atoms with E-state index >= 15 is 0 Å². The van der Waals surface area contributed by atoms with Crippen LogP contribution in [0.2, 0.25) is 0 Å². The molecule has 2 atom stereocenters. The molecule has 0 spiro atoms. The van der Waals surface area contributed by atoms with Gasteiger partial charge in [0.15, 0.2) is 28.6 Å². The van der Waals surface area contributed by atoms with E-state index in [0.29, 0.717) is 23.2 Å². The number of methoxy groups -OCH3 is 1. The van der Waals surface area contributed by atoms with E-state index in [0.717, 1.165) is 23.9 Å². The highest BCUT2D eigenvalue weighted by Crippen LogP contribution is 2.31. The number of hydrogen-bond donors (Lipinski definition) is 1. The summed E-state index contributed by atoms with van der Waals surface area (Å²) in [5.74, 6) is 2.77. The maximum Gasteiger partial charge on any atom is 0.230 e. The third-order valence-electron chi connectivity index (χ3n) is 4.38. The Morgan fingerprint density at radius 1 is 1.17 bits per heavy atom. The minimum absolute atomic E-state index is 0.00307. The summed E-state index contributed by atoms with van der Waals surface area (Å²) in [6.45, 7) is 11.0. The van der Waals surface area contributed by atoms with E-state index in [1.54, 1.807) is 7.11 Å². The van der Waals surface area contributed by atoms with Gasteiger partial charge in [0.2, 0.25) is 5.91 Å². The summed E-state index contributed by atoms with van der Waals surface area (Å²) in [6, 6.07) is 7.70. The van der Waals surface area contributed by atoms with Gasteiger partial charge in [0.05, 0.1) is 12.9 Å². The standard InChI is InChI=1S/C21H32N4O3S/c1-7-15(4)22-19(26)13-29-21-24-23-20(25(21)12-14(2)3)16(5)28-18-11-9-8-10-17(18)27-6/h8-11,14-16H,7,12-13H2,1-6H3,(H,22,26). The second kappa shape index (κ2) is 11.1. The van der Waals surface area contributed by atoms with Crippen molar-refractivity contribution >= 4 is 17.7 Å². The van der Waals surface area contributed by atoms with Gasteiger partial charge in [-0.05, 0) is 38.3 Å². The monoisotopic (exact) mass is 420 g/mol. The predicted molar refractivity (Wildman–Crippen MR) is 116 cm³/mol. The molecule has 8 heteroatoms. The topological polar surface area (TPSA) is 78.3 Å². The lowest BCUT2D eigenvalue weighted by Crippen LogP contribution is -2.33. The first kappa shape index (κ1) is 23.1. The molecule has 1 amide bonds. The number of nitrogens with zero attached hydrogens (tertiary/aromatic N) is 3. The second-order valence-corrected chi connectivity index (χ2v) is 8.36. The highest BCUT2D eigenvalue weighted by molar-refractivity contribution is 7.99. The average molecular weight is 421 g/mol. The molecule has 1 heterocycles. The average Bonchev–Trinajstić information content (AvgIpc) is 3.08. The Kier molecular flexibility index (Phi) is 8.82. The zero-order valence-electron chi connectivity index (χ0n) is 18.1. The summed E-state index contributed by atoms with van der Waals surface area (Å²) < 4.78 is 13.5.